The van der Waals surface area contributed by atoms with E-state index in [1.54, 1.807) is 6.08 Å². The van der Waals surface area contributed by atoms with E-state index in [9.17, 15) is 9.59 Å². The Balaban J connectivity index is 1.64. The van der Waals surface area contributed by atoms with E-state index in [4.69, 9.17) is 0 Å². The summed E-state index contributed by atoms with van der Waals surface area (Å²) in [6.07, 6.45) is 4.61. The lowest BCUT2D eigenvalue weighted by atomic mass is 9.93. The Morgan fingerprint density at radius 1 is 1.14 bits per heavy atom. The summed E-state index contributed by atoms with van der Waals surface area (Å²) in [6.45, 7) is 2.10. The summed E-state index contributed by atoms with van der Waals surface area (Å²) < 4.78 is 0. The lowest BCUT2D eigenvalue weighted by Gasteiger charge is -2.24. The predicted octanol–water partition coefficient (Wildman–Crippen LogP) is 2.44. The number of carbonyl (C=O) groups is 2. The average molecular weight is 299 g/mol. The van der Waals surface area contributed by atoms with Crippen LogP contribution >= 0.6 is 0 Å². The van der Waals surface area contributed by atoms with Crippen molar-refractivity contribution in [1.82, 2.24) is 10.9 Å². The fourth-order valence-electron chi connectivity index (χ4n) is 3.00. The molecule has 2 atom stereocenters. The van der Waals surface area contributed by atoms with E-state index < -0.39 is 0 Å². The molecule has 1 fully saturated rings. The van der Waals surface area contributed by atoms with E-state index >= 15 is 0 Å². The molecule has 0 radical (unpaired) electrons. The van der Waals surface area contributed by atoms with E-state index in [1.807, 2.05) is 24.3 Å². The molecule has 1 amide bonds. The van der Waals surface area contributed by atoms with Gasteiger partial charge in [0.1, 0.15) is 0 Å². The minimum Gasteiger partial charge on any atom is -0.359 e. The van der Waals surface area contributed by atoms with Gasteiger partial charge in [-0.15, -0.1) is 0 Å². The summed E-state index contributed by atoms with van der Waals surface area (Å²) in [7, 11) is 0. The van der Waals surface area contributed by atoms with Crippen molar-refractivity contribution >= 4 is 17.4 Å². The number of rotatable bonds is 3. The van der Waals surface area contributed by atoms with Crippen LogP contribution in [0.1, 0.15) is 44.2 Å². The SMILES string of the molecule is CC1CC(=O)C=C(Nc2ccc(C3CCC(=O)NN3)cc2)C1. The highest BCUT2D eigenvalue weighted by Crippen LogP contribution is 2.25. The fraction of sp³-hybridized carbons (Fsp3) is 0.412. The summed E-state index contributed by atoms with van der Waals surface area (Å²) in [5.74, 6) is 0.631. The molecule has 0 saturated carbocycles. The minimum atomic E-state index is 0.0394. The number of allylic oxidation sites excluding steroid dienone is 2. The van der Waals surface area contributed by atoms with Gasteiger partial charge in [-0.25, -0.2) is 5.43 Å². The molecule has 1 aliphatic carbocycles. The zero-order valence-electron chi connectivity index (χ0n) is 12.7. The second-order valence-corrected chi connectivity index (χ2v) is 6.18. The molecule has 3 N–H and O–H groups in total. The Bertz CT molecular complexity index is 597. The summed E-state index contributed by atoms with van der Waals surface area (Å²) >= 11 is 0. The second-order valence-electron chi connectivity index (χ2n) is 6.18. The van der Waals surface area contributed by atoms with Gasteiger partial charge in [0.05, 0.1) is 6.04 Å². The quantitative estimate of drug-likeness (QED) is 0.802. The van der Waals surface area contributed by atoms with Crippen molar-refractivity contribution in [2.24, 2.45) is 5.92 Å². The number of hydrogen-bond donors (Lipinski definition) is 3. The van der Waals surface area contributed by atoms with Crippen LogP contribution < -0.4 is 16.2 Å². The number of amides is 1. The van der Waals surface area contributed by atoms with Crippen molar-refractivity contribution in [3.63, 3.8) is 0 Å². The van der Waals surface area contributed by atoms with E-state index in [1.165, 1.54) is 0 Å². The Morgan fingerprint density at radius 3 is 2.55 bits per heavy atom. The van der Waals surface area contributed by atoms with Gasteiger partial charge < -0.3 is 5.32 Å². The van der Waals surface area contributed by atoms with Crippen LogP contribution in [0.15, 0.2) is 36.0 Å². The van der Waals surface area contributed by atoms with Gasteiger partial charge in [0, 0.05) is 30.3 Å². The fourth-order valence-corrected chi connectivity index (χ4v) is 3.00. The Hall–Kier alpha value is -2.14. The normalized spacial score (nSPS) is 25.4. The van der Waals surface area contributed by atoms with Gasteiger partial charge in [-0.3, -0.25) is 15.0 Å². The molecule has 2 unspecified atom stereocenters. The van der Waals surface area contributed by atoms with E-state index in [2.05, 4.69) is 23.1 Å². The summed E-state index contributed by atoms with van der Waals surface area (Å²) in [5, 5.41) is 3.33. The smallest absolute Gasteiger partial charge is 0.234 e. The van der Waals surface area contributed by atoms with Crippen LogP contribution in [0, 0.1) is 5.92 Å². The molecule has 0 bridgehead atoms. The lowest BCUT2D eigenvalue weighted by Crippen LogP contribution is -2.44. The van der Waals surface area contributed by atoms with Gasteiger partial charge in [0.25, 0.3) is 0 Å². The largest absolute Gasteiger partial charge is 0.359 e. The molecule has 2 aliphatic rings. The molecule has 1 aliphatic heterocycles. The molecule has 5 heteroatoms. The van der Waals surface area contributed by atoms with Gasteiger partial charge in [-0.2, -0.15) is 0 Å². The number of anilines is 1. The number of nitrogens with one attached hydrogen (secondary N) is 3. The van der Waals surface area contributed by atoms with Gasteiger partial charge >= 0.3 is 0 Å². The van der Waals surface area contributed by atoms with E-state index in [0.29, 0.717) is 18.8 Å². The Morgan fingerprint density at radius 2 is 1.91 bits per heavy atom. The standard InChI is InChI=1S/C17H21N3O2/c1-11-8-14(10-15(21)9-11)18-13-4-2-12(3-5-13)16-6-7-17(22)20-19-16/h2-5,10-11,16,18-19H,6-9H2,1H3,(H,20,22). The third kappa shape index (κ3) is 3.54. The second kappa shape index (κ2) is 6.32. The number of carbonyl (C=O) groups excluding carboxylic acids is 2. The van der Waals surface area contributed by atoms with Crippen LogP contribution in [0.3, 0.4) is 0 Å². The first-order valence-electron chi connectivity index (χ1n) is 7.75. The molecule has 116 valence electrons. The highest BCUT2D eigenvalue weighted by molar-refractivity contribution is 5.92. The Labute approximate surface area is 130 Å². The van der Waals surface area contributed by atoms with Gasteiger partial charge in [-0.05, 0) is 36.5 Å². The van der Waals surface area contributed by atoms with Crippen molar-refractivity contribution in [2.75, 3.05) is 5.32 Å². The number of ketones is 1. The van der Waals surface area contributed by atoms with Gasteiger partial charge in [0.15, 0.2) is 5.78 Å². The molecule has 3 rings (SSSR count). The molecule has 1 aromatic rings. The summed E-state index contributed by atoms with van der Waals surface area (Å²) in [6, 6.07) is 8.27. The number of hydrogen-bond acceptors (Lipinski definition) is 4. The van der Waals surface area contributed by atoms with Crippen molar-refractivity contribution in [3.8, 4) is 0 Å². The Kier molecular flexibility index (Phi) is 4.24. The average Bonchev–Trinajstić information content (AvgIpc) is 2.48. The van der Waals surface area contributed by atoms with Crippen LogP contribution in [0.2, 0.25) is 0 Å². The topological polar surface area (TPSA) is 70.2 Å². The van der Waals surface area contributed by atoms with Crippen LogP contribution in [-0.4, -0.2) is 11.7 Å². The number of hydrazine groups is 1. The van der Waals surface area contributed by atoms with E-state index in [0.717, 1.165) is 29.8 Å². The first-order chi connectivity index (χ1) is 10.6. The molecule has 5 nitrogen and oxygen atoms in total. The molecular formula is C17H21N3O2. The van der Waals surface area contributed by atoms with Crippen LogP contribution in [0.4, 0.5) is 5.69 Å². The maximum absolute atomic E-state index is 11.6. The first-order valence-corrected chi connectivity index (χ1v) is 7.75. The summed E-state index contributed by atoms with van der Waals surface area (Å²) in [4.78, 5) is 22.8. The number of benzene rings is 1. The first kappa shape index (κ1) is 14.8. The minimum absolute atomic E-state index is 0.0394. The van der Waals surface area contributed by atoms with Crippen LogP contribution in [-0.2, 0) is 9.59 Å². The molecule has 0 aromatic heterocycles. The lowest BCUT2D eigenvalue weighted by molar-refractivity contribution is -0.124. The highest BCUT2D eigenvalue weighted by Gasteiger charge is 2.19. The van der Waals surface area contributed by atoms with Gasteiger partial charge in [0.2, 0.25) is 5.91 Å². The monoisotopic (exact) mass is 299 g/mol. The van der Waals surface area contributed by atoms with Crippen LogP contribution in [0.5, 0.6) is 0 Å². The third-order valence-electron chi connectivity index (χ3n) is 4.12. The summed E-state index contributed by atoms with van der Waals surface area (Å²) in [5.41, 5.74) is 8.81. The van der Waals surface area contributed by atoms with E-state index in [-0.39, 0.29) is 17.7 Å². The highest BCUT2D eigenvalue weighted by atomic mass is 16.2. The molecular weight excluding hydrogens is 278 g/mol. The molecule has 1 aromatic carbocycles. The van der Waals surface area contributed by atoms with Crippen LogP contribution in [0.25, 0.3) is 0 Å². The van der Waals surface area contributed by atoms with Crippen molar-refractivity contribution in [1.29, 1.82) is 0 Å². The van der Waals surface area contributed by atoms with Gasteiger partial charge in [-0.1, -0.05) is 19.1 Å². The molecule has 1 saturated heterocycles. The molecule has 0 spiro atoms. The maximum atomic E-state index is 11.6. The van der Waals surface area contributed by atoms with Crippen molar-refractivity contribution in [3.05, 3.63) is 41.6 Å². The molecule has 22 heavy (non-hydrogen) atoms. The van der Waals surface area contributed by atoms with Crippen molar-refractivity contribution < 1.29 is 9.59 Å². The van der Waals surface area contributed by atoms with Crippen molar-refractivity contribution in [2.45, 2.75) is 38.6 Å². The maximum Gasteiger partial charge on any atom is 0.234 e. The zero-order valence-corrected chi connectivity index (χ0v) is 12.7. The predicted molar refractivity (Wildman–Crippen MR) is 84.8 cm³/mol. The third-order valence-corrected chi connectivity index (χ3v) is 4.12. The molecule has 1 heterocycles. The zero-order chi connectivity index (χ0) is 15.5.